The highest BCUT2D eigenvalue weighted by molar-refractivity contribution is 7.89. The quantitative estimate of drug-likeness (QED) is 0.495. The molecule has 6 nitrogen and oxygen atoms in total. The number of aryl methyl sites for hydroxylation is 1. The Labute approximate surface area is 190 Å². The second-order valence-corrected chi connectivity index (χ2v) is 9.55. The van der Waals surface area contributed by atoms with E-state index in [0.717, 1.165) is 16.7 Å². The van der Waals surface area contributed by atoms with Crippen molar-refractivity contribution in [3.8, 4) is 5.75 Å². The number of sulfonamides is 1. The standard InChI is InChI=1S/C25H28N2O4S/c1-20-14-15-23(31-3)24(16-20)32(29,30)27(18-22-12-8-5-9-13-22)19-25(28)26(2)17-21-10-6-4-7-11-21/h4-16H,17-19H2,1-3H3. The number of methoxy groups -OCH3 is 1. The van der Waals surface area contributed by atoms with Crippen LogP contribution < -0.4 is 4.74 Å². The van der Waals surface area contributed by atoms with E-state index in [-0.39, 0.29) is 29.6 Å². The van der Waals surface area contributed by atoms with Crippen LogP contribution in [-0.2, 0) is 27.9 Å². The molecule has 3 aromatic carbocycles. The normalized spacial score (nSPS) is 11.4. The molecule has 1 amide bonds. The van der Waals surface area contributed by atoms with Gasteiger partial charge in [-0.05, 0) is 35.7 Å². The largest absolute Gasteiger partial charge is 0.495 e. The molecule has 0 fully saturated rings. The first kappa shape index (κ1) is 23.5. The fourth-order valence-corrected chi connectivity index (χ4v) is 4.97. The average Bonchev–Trinajstić information content (AvgIpc) is 2.79. The lowest BCUT2D eigenvalue weighted by Gasteiger charge is -2.26. The van der Waals surface area contributed by atoms with E-state index in [0.29, 0.717) is 6.54 Å². The van der Waals surface area contributed by atoms with Crippen molar-refractivity contribution in [3.63, 3.8) is 0 Å². The lowest BCUT2D eigenvalue weighted by atomic mass is 10.2. The van der Waals surface area contributed by atoms with Crippen LogP contribution in [0.2, 0.25) is 0 Å². The number of rotatable bonds is 9. The van der Waals surface area contributed by atoms with Gasteiger partial charge in [-0.2, -0.15) is 4.31 Å². The molecular weight excluding hydrogens is 424 g/mol. The van der Waals surface area contributed by atoms with Crippen LogP contribution in [0.25, 0.3) is 0 Å². The molecule has 0 saturated heterocycles. The molecule has 0 heterocycles. The first-order valence-corrected chi connectivity index (χ1v) is 11.7. The minimum absolute atomic E-state index is 0.0504. The minimum atomic E-state index is -4.01. The van der Waals surface area contributed by atoms with Crippen molar-refractivity contribution in [3.05, 3.63) is 95.6 Å². The Morgan fingerprint density at radius 1 is 0.875 bits per heavy atom. The summed E-state index contributed by atoms with van der Waals surface area (Å²) in [6.07, 6.45) is 0. The van der Waals surface area contributed by atoms with Crippen molar-refractivity contribution in [2.75, 3.05) is 20.7 Å². The number of nitrogens with zero attached hydrogens (tertiary/aromatic N) is 2. The molecule has 168 valence electrons. The van der Waals surface area contributed by atoms with E-state index in [1.165, 1.54) is 16.3 Å². The van der Waals surface area contributed by atoms with E-state index in [2.05, 4.69) is 0 Å². The maximum absolute atomic E-state index is 13.7. The Morgan fingerprint density at radius 3 is 2.00 bits per heavy atom. The summed E-state index contributed by atoms with van der Waals surface area (Å²) < 4.78 is 33.8. The van der Waals surface area contributed by atoms with Gasteiger partial charge in [0.2, 0.25) is 15.9 Å². The molecule has 0 N–H and O–H groups in total. The van der Waals surface area contributed by atoms with Gasteiger partial charge in [-0.15, -0.1) is 0 Å². The highest BCUT2D eigenvalue weighted by Crippen LogP contribution is 2.29. The maximum atomic E-state index is 13.7. The average molecular weight is 453 g/mol. The van der Waals surface area contributed by atoms with Crippen molar-refractivity contribution >= 4 is 15.9 Å². The number of benzene rings is 3. The third kappa shape index (κ3) is 5.75. The van der Waals surface area contributed by atoms with E-state index in [1.807, 2.05) is 67.6 Å². The fraction of sp³-hybridized carbons (Fsp3) is 0.240. The van der Waals surface area contributed by atoms with Gasteiger partial charge in [-0.1, -0.05) is 66.7 Å². The maximum Gasteiger partial charge on any atom is 0.247 e. The van der Waals surface area contributed by atoms with Crippen molar-refractivity contribution in [1.82, 2.24) is 9.21 Å². The van der Waals surface area contributed by atoms with Crippen molar-refractivity contribution in [1.29, 1.82) is 0 Å². The second-order valence-electron chi connectivity index (χ2n) is 7.65. The molecule has 0 bridgehead atoms. The molecule has 0 saturated carbocycles. The highest BCUT2D eigenvalue weighted by atomic mass is 32.2. The van der Waals surface area contributed by atoms with Crippen LogP contribution in [0.4, 0.5) is 0 Å². The number of carbonyl (C=O) groups excluding carboxylic acids is 1. The smallest absolute Gasteiger partial charge is 0.247 e. The van der Waals surface area contributed by atoms with E-state index in [1.54, 1.807) is 25.2 Å². The Kier molecular flexibility index (Phi) is 7.66. The summed E-state index contributed by atoms with van der Waals surface area (Å²) in [4.78, 5) is 14.6. The molecule has 3 aromatic rings. The van der Waals surface area contributed by atoms with Crippen LogP contribution in [0.15, 0.2) is 83.8 Å². The summed E-state index contributed by atoms with van der Waals surface area (Å²) in [6, 6.07) is 23.8. The van der Waals surface area contributed by atoms with Gasteiger partial charge in [-0.3, -0.25) is 4.79 Å². The summed E-state index contributed by atoms with van der Waals surface area (Å²) in [5.41, 5.74) is 2.55. The molecular formula is C25H28N2O4S. The van der Waals surface area contributed by atoms with Crippen LogP contribution in [0.1, 0.15) is 16.7 Å². The van der Waals surface area contributed by atoms with Gasteiger partial charge in [0, 0.05) is 20.1 Å². The molecule has 0 unspecified atom stereocenters. The monoisotopic (exact) mass is 452 g/mol. The Hall–Kier alpha value is -3.16. The van der Waals surface area contributed by atoms with E-state index < -0.39 is 10.0 Å². The Bertz CT molecular complexity index is 1150. The number of ether oxygens (including phenoxy) is 1. The zero-order valence-electron chi connectivity index (χ0n) is 18.6. The van der Waals surface area contributed by atoms with E-state index in [4.69, 9.17) is 4.74 Å². The van der Waals surface area contributed by atoms with Crippen LogP contribution in [0.5, 0.6) is 5.75 Å². The van der Waals surface area contributed by atoms with Gasteiger partial charge in [0.25, 0.3) is 0 Å². The number of amides is 1. The minimum Gasteiger partial charge on any atom is -0.495 e. The molecule has 0 aromatic heterocycles. The molecule has 0 aliphatic heterocycles. The molecule has 0 spiro atoms. The number of hydrogen-bond acceptors (Lipinski definition) is 4. The lowest BCUT2D eigenvalue weighted by Crippen LogP contribution is -2.41. The van der Waals surface area contributed by atoms with Gasteiger partial charge < -0.3 is 9.64 Å². The summed E-state index contributed by atoms with van der Waals surface area (Å²) in [7, 11) is -0.894. The summed E-state index contributed by atoms with van der Waals surface area (Å²) >= 11 is 0. The zero-order valence-corrected chi connectivity index (χ0v) is 19.4. The Morgan fingerprint density at radius 2 is 1.44 bits per heavy atom. The van der Waals surface area contributed by atoms with Gasteiger partial charge in [0.15, 0.2) is 0 Å². The predicted octanol–water partition coefficient (Wildman–Crippen LogP) is 3.85. The number of carbonyl (C=O) groups is 1. The summed E-state index contributed by atoms with van der Waals surface area (Å²) in [5, 5.41) is 0. The van der Waals surface area contributed by atoms with Crippen LogP contribution in [0, 0.1) is 6.92 Å². The van der Waals surface area contributed by atoms with Crippen molar-refractivity contribution in [2.45, 2.75) is 24.9 Å². The molecule has 32 heavy (non-hydrogen) atoms. The number of hydrogen-bond donors (Lipinski definition) is 0. The second kappa shape index (κ2) is 10.4. The predicted molar refractivity (Wildman–Crippen MR) is 125 cm³/mol. The topological polar surface area (TPSA) is 66.9 Å². The first-order chi connectivity index (χ1) is 15.3. The SMILES string of the molecule is COc1ccc(C)cc1S(=O)(=O)N(CC(=O)N(C)Cc1ccccc1)Cc1ccccc1. The third-order valence-electron chi connectivity index (χ3n) is 5.14. The third-order valence-corrected chi connectivity index (χ3v) is 6.95. The lowest BCUT2D eigenvalue weighted by molar-refractivity contribution is -0.130. The number of likely N-dealkylation sites (N-methyl/N-ethyl adjacent to an activating group) is 1. The van der Waals surface area contributed by atoms with Crippen LogP contribution in [-0.4, -0.2) is 44.2 Å². The fourth-order valence-electron chi connectivity index (χ4n) is 3.35. The first-order valence-electron chi connectivity index (χ1n) is 10.3. The molecule has 7 heteroatoms. The van der Waals surface area contributed by atoms with Crippen molar-refractivity contribution < 1.29 is 17.9 Å². The van der Waals surface area contributed by atoms with Gasteiger partial charge in [-0.25, -0.2) is 8.42 Å². The summed E-state index contributed by atoms with van der Waals surface area (Å²) in [5.74, 6) is -0.0428. The highest BCUT2D eigenvalue weighted by Gasteiger charge is 2.30. The van der Waals surface area contributed by atoms with E-state index in [9.17, 15) is 13.2 Å². The van der Waals surface area contributed by atoms with Crippen LogP contribution in [0.3, 0.4) is 0 Å². The van der Waals surface area contributed by atoms with Crippen molar-refractivity contribution in [2.24, 2.45) is 0 Å². The molecule has 0 aliphatic rings. The van der Waals surface area contributed by atoms with Crippen LogP contribution >= 0.6 is 0 Å². The molecule has 3 rings (SSSR count). The van der Waals surface area contributed by atoms with E-state index >= 15 is 0 Å². The van der Waals surface area contributed by atoms with Gasteiger partial charge in [0.05, 0.1) is 13.7 Å². The molecule has 0 aliphatic carbocycles. The summed E-state index contributed by atoms with van der Waals surface area (Å²) in [6.45, 7) is 2.01. The molecule has 0 radical (unpaired) electrons. The zero-order chi connectivity index (χ0) is 23.1. The van der Waals surface area contributed by atoms with Gasteiger partial charge >= 0.3 is 0 Å². The Balaban J connectivity index is 1.91. The molecule has 0 atom stereocenters. The van der Waals surface area contributed by atoms with Gasteiger partial charge in [0.1, 0.15) is 10.6 Å².